The minimum absolute atomic E-state index is 0.149. The molecular weight excluding hydrogens is 366 g/mol. The second kappa shape index (κ2) is 8.02. The van der Waals surface area contributed by atoms with E-state index in [1.165, 1.54) is 16.3 Å². The summed E-state index contributed by atoms with van der Waals surface area (Å²) in [4.78, 5) is 16.7. The fourth-order valence-corrected chi connectivity index (χ4v) is 4.42. The average molecular weight is 391 g/mol. The Morgan fingerprint density at radius 3 is 2.56 bits per heavy atom. The molecule has 0 aliphatic carbocycles. The van der Waals surface area contributed by atoms with Crippen molar-refractivity contribution in [1.29, 1.82) is 0 Å². The van der Waals surface area contributed by atoms with Crippen LogP contribution in [0.15, 0.2) is 47.4 Å². The van der Waals surface area contributed by atoms with Crippen molar-refractivity contribution in [3.8, 4) is 0 Å². The number of benzene rings is 1. The van der Waals surface area contributed by atoms with Crippen molar-refractivity contribution in [1.82, 2.24) is 9.55 Å². The number of hydrogen-bond donors (Lipinski definition) is 3. The van der Waals surface area contributed by atoms with Crippen LogP contribution in [-0.4, -0.2) is 48.6 Å². The zero-order valence-electron chi connectivity index (χ0n) is 15.6. The van der Waals surface area contributed by atoms with Crippen LogP contribution in [0.3, 0.4) is 0 Å². The van der Waals surface area contributed by atoms with E-state index in [0.29, 0.717) is 5.82 Å². The van der Waals surface area contributed by atoms with Crippen molar-refractivity contribution in [2.75, 3.05) is 11.9 Å². The van der Waals surface area contributed by atoms with E-state index >= 15 is 0 Å². The molecule has 8 heteroatoms. The number of aliphatic hydroxyl groups excluding tert-OH is 2. The van der Waals surface area contributed by atoms with Crippen LogP contribution in [0, 0.1) is 0 Å². The van der Waals surface area contributed by atoms with Gasteiger partial charge in [-0.1, -0.05) is 39.0 Å². The van der Waals surface area contributed by atoms with Gasteiger partial charge in [-0.05, 0) is 18.2 Å². The third-order valence-electron chi connectivity index (χ3n) is 4.13. The van der Waals surface area contributed by atoms with Gasteiger partial charge < -0.3 is 20.3 Å². The number of para-hydroxylation sites is 1. The van der Waals surface area contributed by atoms with Crippen molar-refractivity contribution in [3.63, 3.8) is 0 Å². The summed E-state index contributed by atoms with van der Waals surface area (Å²) in [5, 5.41) is 22.7. The number of anilines is 2. The number of ether oxygens (including phenoxy) is 1. The summed E-state index contributed by atoms with van der Waals surface area (Å²) < 4.78 is 7.01. The molecule has 7 nitrogen and oxygen atoms in total. The van der Waals surface area contributed by atoms with Crippen molar-refractivity contribution < 1.29 is 14.9 Å². The van der Waals surface area contributed by atoms with Gasteiger partial charge in [0.05, 0.1) is 18.0 Å². The molecule has 0 amide bonds. The monoisotopic (exact) mass is 391 g/mol. The topological polar surface area (TPSA) is 96.6 Å². The first-order valence-electron chi connectivity index (χ1n) is 8.82. The number of aliphatic hydroxyl groups is 2. The molecule has 3 rings (SSSR count). The van der Waals surface area contributed by atoms with Crippen molar-refractivity contribution in [2.24, 2.45) is 0 Å². The second-order valence-corrected chi connectivity index (χ2v) is 9.43. The minimum Gasteiger partial charge on any atom is -0.394 e. The van der Waals surface area contributed by atoms with Crippen molar-refractivity contribution >= 4 is 23.3 Å². The molecular formula is C19H25N3O4S. The van der Waals surface area contributed by atoms with E-state index in [4.69, 9.17) is 4.74 Å². The summed E-state index contributed by atoms with van der Waals surface area (Å²) in [6.07, 6.45) is -0.706. The first-order valence-corrected chi connectivity index (χ1v) is 9.70. The third kappa shape index (κ3) is 4.70. The standard InChI is InChI=1S/C19H25N3O4S/c1-19(2,3)27-16-15(24)13(11-23)26-17(16)22-10-9-14(21-18(22)25)20-12-7-5-4-6-8-12/h4-10,13,15-17,23-24H,11H2,1-3H3,(H,20,21,25)/t13-,15+,16-,17-/m0/s1. The van der Waals surface area contributed by atoms with Gasteiger partial charge >= 0.3 is 5.69 Å². The maximum atomic E-state index is 12.6. The number of nitrogens with zero attached hydrogens (tertiary/aromatic N) is 2. The van der Waals surface area contributed by atoms with E-state index in [-0.39, 0.29) is 11.4 Å². The van der Waals surface area contributed by atoms with Gasteiger partial charge in [0, 0.05) is 16.6 Å². The van der Waals surface area contributed by atoms with Crippen LogP contribution in [0.4, 0.5) is 11.5 Å². The molecule has 0 unspecified atom stereocenters. The molecule has 1 aliphatic heterocycles. The summed E-state index contributed by atoms with van der Waals surface area (Å²) in [5.74, 6) is 0.430. The second-order valence-electron chi connectivity index (χ2n) is 7.43. The Bertz CT molecular complexity index is 822. The average Bonchev–Trinajstić information content (AvgIpc) is 2.90. The fraction of sp³-hybridized carbons (Fsp3) is 0.474. The van der Waals surface area contributed by atoms with E-state index in [9.17, 15) is 15.0 Å². The molecule has 0 saturated carbocycles. The number of aromatic nitrogens is 2. The number of hydrogen-bond acceptors (Lipinski definition) is 7. The molecule has 2 heterocycles. The molecule has 0 bridgehead atoms. The fourth-order valence-electron chi connectivity index (χ4n) is 2.97. The van der Waals surface area contributed by atoms with E-state index in [2.05, 4.69) is 10.3 Å². The predicted octanol–water partition coefficient (Wildman–Crippen LogP) is 2.14. The van der Waals surface area contributed by atoms with Crippen LogP contribution >= 0.6 is 11.8 Å². The summed E-state index contributed by atoms with van der Waals surface area (Å²) in [7, 11) is 0. The van der Waals surface area contributed by atoms with Gasteiger partial charge in [0.25, 0.3) is 0 Å². The number of nitrogens with one attached hydrogen (secondary N) is 1. The zero-order valence-corrected chi connectivity index (χ0v) is 16.4. The minimum atomic E-state index is -0.877. The van der Waals surface area contributed by atoms with Gasteiger partial charge in [-0.2, -0.15) is 4.98 Å². The van der Waals surface area contributed by atoms with Crippen LogP contribution in [-0.2, 0) is 4.74 Å². The van der Waals surface area contributed by atoms with E-state index in [0.717, 1.165) is 5.69 Å². The summed E-state index contributed by atoms with van der Waals surface area (Å²) in [6.45, 7) is 5.78. The first-order chi connectivity index (χ1) is 12.8. The number of thioether (sulfide) groups is 1. The van der Waals surface area contributed by atoms with Crippen LogP contribution in [0.1, 0.15) is 27.0 Å². The molecule has 146 valence electrons. The van der Waals surface area contributed by atoms with E-state index in [1.807, 2.05) is 51.1 Å². The molecule has 27 heavy (non-hydrogen) atoms. The molecule has 1 aromatic heterocycles. The molecule has 1 aliphatic rings. The van der Waals surface area contributed by atoms with E-state index < -0.39 is 29.4 Å². The highest BCUT2D eigenvalue weighted by Gasteiger charge is 2.46. The normalized spacial score (nSPS) is 25.5. The van der Waals surface area contributed by atoms with Gasteiger partial charge in [0.15, 0.2) is 6.23 Å². The number of rotatable bonds is 5. The Balaban J connectivity index is 1.86. The van der Waals surface area contributed by atoms with Crippen LogP contribution in [0.5, 0.6) is 0 Å². The van der Waals surface area contributed by atoms with Crippen LogP contribution in [0.25, 0.3) is 0 Å². The largest absolute Gasteiger partial charge is 0.394 e. The van der Waals surface area contributed by atoms with Gasteiger partial charge in [-0.15, -0.1) is 11.8 Å². The molecule has 1 fully saturated rings. The summed E-state index contributed by atoms with van der Waals surface area (Å²) >= 11 is 1.52. The quantitative estimate of drug-likeness (QED) is 0.718. The molecule has 3 N–H and O–H groups in total. The van der Waals surface area contributed by atoms with Crippen LogP contribution < -0.4 is 11.0 Å². The molecule has 1 aromatic carbocycles. The smallest absolute Gasteiger partial charge is 0.351 e. The zero-order chi connectivity index (χ0) is 19.6. The SMILES string of the molecule is CC(C)(C)S[C@H]1[C@H](O)[C@H](CO)O[C@@H]1n1ccc(Nc2ccccc2)nc1=O. The summed E-state index contributed by atoms with van der Waals surface area (Å²) in [5.41, 5.74) is 0.349. The lowest BCUT2D eigenvalue weighted by Gasteiger charge is -2.28. The lowest BCUT2D eigenvalue weighted by Crippen LogP contribution is -2.36. The molecule has 1 saturated heterocycles. The third-order valence-corrected chi connectivity index (χ3v) is 5.62. The highest BCUT2D eigenvalue weighted by Crippen LogP contribution is 2.42. The van der Waals surface area contributed by atoms with Gasteiger partial charge in [0.2, 0.25) is 0 Å². The highest BCUT2D eigenvalue weighted by molar-refractivity contribution is 8.01. The summed E-state index contributed by atoms with van der Waals surface area (Å²) in [6, 6.07) is 11.1. The van der Waals surface area contributed by atoms with E-state index in [1.54, 1.807) is 12.3 Å². The molecule has 0 spiro atoms. The Morgan fingerprint density at radius 1 is 1.26 bits per heavy atom. The molecule has 0 radical (unpaired) electrons. The maximum absolute atomic E-state index is 12.6. The predicted molar refractivity (Wildman–Crippen MR) is 106 cm³/mol. The van der Waals surface area contributed by atoms with Crippen molar-refractivity contribution in [3.05, 3.63) is 53.1 Å². The van der Waals surface area contributed by atoms with Gasteiger partial charge in [0.1, 0.15) is 11.9 Å². The Morgan fingerprint density at radius 2 is 1.96 bits per heavy atom. The Kier molecular flexibility index (Phi) is 5.90. The van der Waals surface area contributed by atoms with Gasteiger partial charge in [-0.3, -0.25) is 4.57 Å². The lowest BCUT2D eigenvalue weighted by atomic mass is 10.2. The van der Waals surface area contributed by atoms with Crippen LogP contribution in [0.2, 0.25) is 0 Å². The lowest BCUT2D eigenvalue weighted by molar-refractivity contribution is -0.0456. The molecule has 2 aromatic rings. The van der Waals surface area contributed by atoms with Gasteiger partial charge in [-0.25, -0.2) is 4.79 Å². The molecule has 4 atom stereocenters. The Labute approximate surface area is 162 Å². The Hall–Kier alpha value is -1.87. The highest BCUT2D eigenvalue weighted by atomic mass is 32.2. The van der Waals surface area contributed by atoms with Crippen molar-refractivity contribution in [2.45, 2.75) is 49.2 Å². The first kappa shape index (κ1) is 19.9. The maximum Gasteiger partial charge on any atom is 0.351 e.